The van der Waals surface area contributed by atoms with Crippen LogP contribution in [0.25, 0.3) is 21.9 Å². The number of para-hydroxylation sites is 2. The molecule has 0 fully saturated rings. The molecule has 4 nitrogen and oxygen atoms in total. The van der Waals surface area contributed by atoms with Crippen LogP contribution in [0.2, 0.25) is 0 Å². The minimum Gasteiger partial charge on any atom is -0.460 e. The molecule has 2 N–H and O–H groups in total. The molecule has 0 spiro atoms. The molecule has 0 saturated carbocycles. The van der Waals surface area contributed by atoms with E-state index in [1.54, 1.807) is 6.92 Å². The lowest BCUT2D eigenvalue weighted by molar-refractivity contribution is -0.122. The minimum absolute atomic E-state index is 0.110. The summed E-state index contributed by atoms with van der Waals surface area (Å²) in [7, 11) is 0. The Bertz CT molecular complexity index is 1040. The molecule has 1 atom stereocenters. The predicted molar refractivity (Wildman–Crippen MR) is 104 cm³/mol. The lowest BCUT2D eigenvalue weighted by atomic mass is 9.89. The monoisotopic (exact) mass is 346 g/mol. The summed E-state index contributed by atoms with van der Waals surface area (Å²) < 4.78 is 5.87. The third-order valence-electron chi connectivity index (χ3n) is 5.13. The highest BCUT2D eigenvalue weighted by Gasteiger charge is 2.30. The van der Waals surface area contributed by atoms with E-state index < -0.39 is 5.54 Å². The number of ketones is 1. The number of aromatic nitrogens is 1. The second-order valence-electron chi connectivity index (χ2n) is 7.03. The number of H-pyrrole nitrogens is 1. The van der Waals surface area contributed by atoms with Crippen molar-refractivity contribution in [3.8, 4) is 0 Å². The third kappa shape index (κ3) is 3.04. The maximum atomic E-state index is 12.4. The highest BCUT2D eigenvalue weighted by atomic mass is 16.3. The van der Waals surface area contributed by atoms with Gasteiger partial charge in [-0.15, -0.1) is 0 Å². The molecule has 0 aliphatic carbocycles. The molecule has 0 radical (unpaired) electrons. The van der Waals surface area contributed by atoms with Gasteiger partial charge in [-0.2, -0.15) is 0 Å². The molecule has 1 unspecified atom stereocenters. The van der Waals surface area contributed by atoms with Gasteiger partial charge in [0.1, 0.15) is 17.1 Å². The Balaban J connectivity index is 1.56. The number of furan rings is 1. The van der Waals surface area contributed by atoms with Crippen molar-refractivity contribution in [3.63, 3.8) is 0 Å². The minimum atomic E-state index is -0.663. The quantitative estimate of drug-likeness (QED) is 0.537. The van der Waals surface area contributed by atoms with Gasteiger partial charge in [0, 0.05) is 22.5 Å². The number of benzene rings is 2. The number of hydrogen-bond donors (Lipinski definition) is 2. The Morgan fingerprint density at radius 2 is 1.92 bits per heavy atom. The van der Waals surface area contributed by atoms with Gasteiger partial charge < -0.3 is 9.40 Å². The molecule has 132 valence electrons. The fraction of sp³-hybridized carbons (Fsp3) is 0.227. The second kappa shape index (κ2) is 6.46. The average molecular weight is 346 g/mol. The van der Waals surface area contributed by atoms with Gasteiger partial charge in [-0.25, -0.2) is 0 Å². The molecular formula is C22H22N2O2. The van der Waals surface area contributed by atoms with E-state index in [0.29, 0.717) is 13.0 Å². The van der Waals surface area contributed by atoms with E-state index in [-0.39, 0.29) is 5.78 Å². The first kappa shape index (κ1) is 16.6. The van der Waals surface area contributed by atoms with Crippen LogP contribution in [-0.2, 0) is 17.8 Å². The van der Waals surface area contributed by atoms with Crippen molar-refractivity contribution in [2.24, 2.45) is 0 Å². The summed E-state index contributed by atoms with van der Waals surface area (Å²) in [5.41, 5.74) is 2.43. The van der Waals surface area contributed by atoms with E-state index in [2.05, 4.69) is 16.4 Å². The second-order valence-corrected chi connectivity index (χ2v) is 7.03. The molecule has 0 aliphatic heterocycles. The van der Waals surface area contributed by atoms with Crippen LogP contribution in [0.4, 0.5) is 0 Å². The van der Waals surface area contributed by atoms with Crippen molar-refractivity contribution in [1.82, 2.24) is 10.3 Å². The van der Waals surface area contributed by atoms with Crippen molar-refractivity contribution >= 4 is 27.7 Å². The lowest BCUT2D eigenvalue weighted by Gasteiger charge is -2.28. The Hall–Kier alpha value is -2.85. The van der Waals surface area contributed by atoms with Crippen LogP contribution < -0.4 is 5.32 Å². The molecule has 26 heavy (non-hydrogen) atoms. The number of hydrogen-bond acceptors (Lipinski definition) is 3. The van der Waals surface area contributed by atoms with Crippen LogP contribution in [0.15, 0.2) is 65.2 Å². The smallest absolute Gasteiger partial charge is 0.149 e. The fourth-order valence-corrected chi connectivity index (χ4v) is 3.38. The third-order valence-corrected chi connectivity index (χ3v) is 5.13. The van der Waals surface area contributed by atoms with E-state index in [1.165, 1.54) is 0 Å². The fourth-order valence-electron chi connectivity index (χ4n) is 3.38. The van der Waals surface area contributed by atoms with Gasteiger partial charge in [-0.05, 0) is 44.0 Å². The molecule has 2 heterocycles. The number of fused-ring (bicyclic) bond motifs is 2. The molecule has 2 aromatic carbocycles. The number of rotatable bonds is 6. The van der Waals surface area contributed by atoms with Crippen LogP contribution in [-0.4, -0.2) is 16.3 Å². The average Bonchev–Trinajstić information content (AvgIpc) is 3.24. The van der Waals surface area contributed by atoms with Crippen LogP contribution >= 0.6 is 0 Å². The molecule has 4 rings (SSSR count). The highest BCUT2D eigenvalue weighted by molar-refractivity contribution is 5.88. The maximum absolute atomic E-state index is 12.4. The van der Waals surface area contributed by atoms with Crippen LogP contribution in [0.1, 0.15) is 25.2 Å². The first-order chi connectivity index (χ1) is 12.5. The Labute approximate surface area is 152 Å². The topological polar surface area (TPSA) is 58.0 Å². The van der Waals surface area contributed by atoms with Crippen molar-refractivity contribution < 1.29 is 9.21 Å². The number of carbonyl (C=O) groups is 1. The summed E-state index contributed by atoms with van der Waals surface area (Å²) in [6.45, 7) is 4.10. The molecule has 4 aromatic rings. The molecule has 0 bridgehead atoms. The summed E-state index contributed by atoms with van der Waals surface area (Å²) in [5.74, 6) is 0.941. The molecule has 4 heteroatoms. The van der Waals surface area contributed by atoms with E-state index in [9.17, 15) is 4.79 Å². The Morgan fingerprint density at radius 1 is 1.15 bits per heavy atom. The summed E-state index contributed by atoms with van der Waals surface area (Å²) in [6, 6.07) is 18.1. The molecule has 0 aliphatic rings. The van der Waals surface area contributed by atoms with Crippen molar-refractivity contribution in [2.75, 3.05) is 0 Å². The van der Waals surface area contributed by atoms with E-state index in [1.807, 2.05) is 61.7 Å². The van der Waals surface area contributed by atoms with Crippen LogP contribution in [0, 0.1) is 0 Å². The SMILES string of the molecule is CC(=O)C(C)(Cc1c[nH]c2ccccc12)NCc1cc2ccccc2o1. The molecule has 0 saturated heterocycles. The standard InChI is InChI=1S/C22H22N2O2/c1-15(25)22(2,12-17-13-23-20-9-5-4-8-19(17)20)24-14-18-11-16-7-3-6-10-21(16)26-18/h3-11,13,23-24H,12,14H2,1-2H3. The zero-order chi connectivity index (χ0) is 18.1. The lowest BCUT2D eigenvalue weighted by Crippen LogP contribution is -2.49. The largest absolute Gasteiger partial charge is 0.460 e. The van der Waals surface area contributed by atoms with Crippen molar-refractivity contribution in [3.05, 3.63) is 72.1 Å². The van der Waals surface area contributed by atoms with Crippen LogP contribution in [0.5, 0.6) is 0 Å². The zero-order valence-corrected chi connectivity index (χ0v) is 15.0. The van der Waals surface area contributed by atoms with Crippen LogP contribution in [0.3, 0.4) is 0 Å². The van der Waals surface area contributed by atoms with Gasteiger partial charge in [-0.1, -0.05) is 36.4 Å². The normalized spacial score (nSPS) is 13.9. The summed E-state index contributed by atoms with van der Waals surface area (Å²) in [6.07, 6.45) is 2.61. The summed E-state index contributed by atoms with van der Waals surface area (Å²) in [4.78, 5) is 15.7. The Morgan fingerprint density at radius 3 is 2.73 bits per heavy atom. The Kier molecular flexibility index (Phi) is 4.13. The number of carbonyl (C=O) groups excluding carboxylic acids is 1. The molecular weight excluding hydrogens is 324 g/mol. The summed E-state index contributed by atoms with van der Waals surface area (Å²) >= 11 is 0. The predicted octanol–water partition coefficient (Wildman–Crippen LogP) is 4.59. The van der Waals surface area contributed by atoms with E-state index in [0.717, 1.165) is 33.2 Å². The van der Waals surface area contributed by atoms with Gasteiger partial charge in [0.25, 0.3) is 0 Å². The van der Waals surface area contributed by atoms with Gasteiger partial charge >= 0.3 is 0 Å². The van der Waals surface area contributed by atoms with Crippen molar-refractivity contribution in [2.45, 2.75) is 32.4 Å². The first-order valence-corrected chi connectivity index (χ1v) is 8.84. The van der Waals surface area contributed by atoms with Gasteiger partial charge in [0.2, 0.25) is 0 Å². The molecule has 0 amide bonds. The van der Waals surface area contributed by atoms with Gasteiger partial charge in [0.15, 0.2) is 0 Å². The zero-order valence-electron chi connectivity index (χ0n) is 15.0. The van der Waals surface area contributed by atoms with E-state index >= 15 is 0 Å². The van der Waals surface area contributed by atoms with E-state index in [4.69, 9.17) is 4.42 Å². The number of nitrogens with one attached hydrogen (secondary N) is 2. The van der Waals surface area contributed by atoms with Crippen molar-refractivity contribution in [1.29, 1.82) is 0 Å². The number of aromatic amines is 1. The van der Waals surface area contributed by atoms with Gasteiger partial charge in [0.05, 0.1) is 12.1 Å². The maximum Gasteiger partial charge on any atom is 0.149 e. The summed E-state index contributed by atoms with van der Waals surface area (Å²) in [5, 5.41) is 5.65. The van der Waals surface area contributed by atoms with Gasteiger partial charge in [-0.3, -0.25) is 10.1 Å². The first-order valence-electron chi connectivity index (χ1n) is 8.84. The number of Topliss-reactive ketones (excluding diaryl/α,β-unsaturated/α-hetero) is 1. The molecule has 2 aromatic heterocycles. The highest BCUT2D eigenvalue weighted by Crippen LogP contribution is 2.24.